The quantitative estimate of drug-likeness (QED) is 0.562. The van der Waals surface area contributed by atoms with E-state index in [4.69, 9.17) is 4.74 Å². The third-order valence-corrected chi connectivity index (χ3v) is 5.16. The first-order valence-corrected chi connectivity index (χ1v) is 7.00. The van der Waals surface area contributed by atoms with Crippen molar-refractivity contribution in [3.8, 4) is 0 Å². The zero-order valence-electron chi connectivity index (χ0n) is 10.7. The lowest BCUT2D eigenvalue weighted by molar-refractivity contribution is -0.129. The molecule has 0 radical (unpaired) electrons. The molecule has 0 aromatic rings. The summed E-state index contributed by atoms with van der Waals surface area (Å²) in [6.45, 7) is 5.58. The molecular weight excluding hydrogens is 196 g/mol. The number of ether oxygens (including phenoxy) is 1. The SMILES string of the molecule is CC1(C)OCCC2CC3CCCC=C3CC21. The normalized spacial score (nSPS) is 41.9. The zero-order chi connectivity index (χ0) is 11.2. The maximum absolute atomic E-state index is 5.99. The number of fused-ring (bicyclic) bond motifs is 2. The van der Waals surface area contributed by atoms with Crippen molar-refractivity contribution in [2.24, 2.45) is 17.8 Å². The molecule has 1 aliphatic heterocycles. The third kappa shape index (κ3) is 1.73. The van der Waals surface area contributed by atoms with Crippen molar-refractivity contribution in [3.05, 3.63) is 11.6 Å². The summed E-state index contributed by atoms with van der Waals surface area (Å²) in [6, 6.07) is 0. The van der Waals surface area contributed by atoms with Gasteiger partial charge in [0.2, 0.25) is 0 Å². The Kier molecular flexibility index (Phi) is 2.62. The van der Waals surface area contributed by atoms with Crippen LogP contribution in [0.2, 0.25) is 0 Å². The maximum atomic E-state index is 5.99. The van der Waals surface area contributed by atoms with Gasteiger partial charge in [-0.05, 0) is 70.1 Å². The lowest BCUT2D eigenvalue weighted by atomic mass is 9.62. The molecule has 1 heterocycles. The molecule has 0 bridgehead atoms. The summed E-state index contributed by atoms with van der Waals surface area (Å²) in [5.41, 5.74) is 1.89. The lowest BCUT2D eigenvalue weighted by Crippen LogP contribution is -2.47. The Morgan fingerprint density at radius 1 is 1.31 bits per heavy atom. The van der Waals surface area contributed by atoms with Crippen molar-refractivity contribution in [2.75, 3.05) is 6.61 Å². The average molecular weight is 220 g/mol. The topological polar surface area (TPSA) is 9.23 Å². The molecular formula is C15H24O. The van der Waals surface area contributed by atoms with Crippen LogP contribution in [0.25, 0.3) is 0 Å². The molecule has 3 atom stereocenters. The van der Waals surface area contributed by atoms with E-state index in [-0.39, 0.29) is 5.60 Å². The van der Waals surface area contributed by atoms with Gasteiger partial charge in [0.25, 0.3) is 0 Å². The summed E-state index contributed by atoms with van der Waals surface area (Å²) in [4.78, 5) is 0. The number of allylic oxidation sites excluding steroid dienone is 2. The van der Waals surface area contributed by atoms with E-state index in [0.717, 1.165) is 24.4 Å². The van der Waals surface area contributed by atoms with Gasteiger partial charge in [0.15, 0.2) is 0 Å². The number of hydrogen-bond donors (Lipinski definition) is 0. The molecule has 1 saturated heterocycles. The molecule has 3 aliphatic rings. The van der Waals surface area contributed by atoms with E-state index in [2.05, 4.69) is 19.9 Å². The molecule has 0 amide bonds. The lowest BCUT2D eigenvalue weighted by Gasteiger charge is -2.50. The van der Waals surface area contributed by atoms with Gasteiger partial charge in [-0.15, -0.1) is 0 Å². The Labute approximate surface area is 99.3 Å². The van der Waals surface area contributed by atoms with Crippen LogP contribution in [-0.4, -0.2) is 12.2 Å². The largest absolute Gasteiger partial charge is 0.375 e. The second-order valence-corrected chi connectivity index (χ2v) is 6.45. The monoisotopic (exact) mass is 220 g/mol. The van der Waals surface area contributed by atoms with E-state index in [1.165, 1.54) is 38.5 Å². The molecule has 2 aliphatic carbocycles. The smallest absolute Gasteiger partial charge is 0.0660 e. The van der Waals surface area contributed by atoms with Crippen LogP contribution in [0.5, 0.6) is 0 Å². The first-order chi connectivity index (χ1) is 7.67. The van der Waals surface area contributed by atoms with Crippen molar-refractivity contribution < 1.29 is 4.74 Å². The summed E-state index contributed by atoms with van der Waals surface area (Å²) in [6.07, 6.45) is 10.8. The number of hydrogen-bond acceptors (Lipinski definition) is 1. The van der Waals surface area contributed by atoms with Gasteiger partial charge in [-0.3, -0.25) is 0 Å². The molecule has 1 heteroatoms. The van der Waals surface area contributed by atoms with Crippen LogP contribution >= 0.6 is 0 Å². The van der Waals surface area contributed by atoms with Crippen molar-refractivity contribution in [1.29, 1.82) is 0 Å². The molecule has 0 N–H and O–H groups in total. The van der Waals surface area contributed by atoms with Crippen LogP contribution in [0.3, 0.4) is 0 Å². The molecule has 90 valence electrons. The highest BCUT2D eigenvalue weighted by molar-refractivity contribution is 5.16. The second kappa shape index (κ2) is 3.87. The Bertz CT molecular complexity index is 303. The van der Waals surface area contributed by atoms with E-state index in [1.54, 1.807) is 5.57 Å². The minimum atomic E-state index is 0.117. The highest BCUT2D eigenvalue weighted by atomic mass is 16.5. The minimum Gasteiger partial charge on any atom is -0.375 e. The summed E-state index contributed by atoms with van der Waals surface area (Å²) in [7, 11) is 0. The molecule has 0 aromatic heterocycles. The highest BCUT2D eigenvalue weighted by Crippen LogP contribution is 2.50. The summed E-state index contributed by atoms with van der Waals surface area (Å²) < 4.78 is 5.99. The van der Waals surface area contributed by atoms with E-state index >= 15 is 0 Å². The Hall–Kier alpha value is -0.300. The van der Waals surface area contributed by atoms with Crippen LogP contribution in [0, 0.1) is 17.8 Å². The second-order valence-electron chi connectivity index (χ2n) is 6.45. The first kappa shape index (κ1) is 10.8. The summed E-state index contributed by atoms with van der Waals surface area (Å²) in [5.74, 6) is 2.65. The molecule has 1 nitrogen and oxygen atoms in total. The highest BCUT2D eigenvalue weighted by Gasteiger charge is 2.44. The van der Waals surface area contributed by atoms with E-state index < -0.39 is 0 Å². The van der Waals surface area contributed by atoms with Crippen LogP contribution in [0.1, 0.15) is 52.4 Å². The Morgan fingerprint density at radius 3 is 3.06 bits per heavy atom. The van der Waals surface area contributed by atoms with Gasteiger partial charge in [0, 0.05) is 6.61 Å². The summed E-state index contributed by atoms with van der Waals surface area (Å²) >= 11 is 0. The predicted molar refractivity (Wildman–Crippen MR) is 66.3 cm³/mol. The van der Waals surface area contributed by atoms with Gasteiger partial charge >= 0.3 is 0 Å². The molecule has 1 saturated carbocycles. The summed E-state index contributed by atoms with van der Waals surface area (Å²) in [5, 5.41) is 0. The third-order valence-electron chi connectivity index (χ3n) is 5.16. The predicted octanol–water partition coefficient (Wildman–Crippen LogP) is 3.94. The van der Waals surface area contributed by atoms with E-state index in [9.17, 15) is 0 Å². The van der Waals surface area contributed by atoms with E-state index in [0.29, 0.717) is 0 Å². The van der Waals surface area contributed by atoms with Crippen molar-refractivity contribution >= 4 is 0 Å². The molecule has 2 fully saturated rings. The number of rotatable bonds is 0. The van der Waals surface area contributed by atoms with Crippen LogP contribution in [0.15, 0.2) is 11.6 Å². The molecule has 3 unspecified atom stereocenters. The van der Waals surface area contributed by atoms with Gasteiger partial charge in [-0.1, -0.05) is 11.6 Å². The van der Waals surface area contributed by atoms with Crippen molar-refractivity contribution in [3.63, 3.8) is 0 Å². The first-order valence-electron chi connectivity index (χ1n) is 7.00. The van der Waals surface area contributed by atoms with Crippen LogP contribution in [-0.2, 0) is 4.74 Å². The average Bonchev–Trinajstić information content (AvgIpc) is 2.27. The van der Waals surface area contributed by atoms with Gasteiger partial charge in [0.05, 0.1) is 5.60 Å². The minimum absolute atomic E-state index is 0.117. The molecule has 16 heavy (non-hydrogen) atoms. The van der Waals surface area contributed by atoms with Crippen LogP contribution in [0.4, 0.5) is 0 Å². The van der Waals surface area contributed by atoms with Gasteiger partial charge in [0.1, 0.15) is 0 Å². The maximum Gasteiger partial charge on any atom is 0.0660 e. The van der Waals surface area contributed by atoms with Crippen molar-refractivity contribution in [1.82, 2.24) is 0 Å². The van der Waals surface area contributed by atoms with Crippen LogP contribution < -0.4 is 0 Å². The van der Waals surface area contributed by atoms with Gasteiger partial charge in [-0.2, -0.15) is 0 Å². The fourth-order valence-electron chi connectivity index (χ4n) is 4.19. The Morgan fingerprint density at radius 2 is 2.19 bits per heavy atom. The fraction of sp³-hybridized carbons (Fsp3) is 0.867. The van der Waals surface area contributed by atoms with Gasteiger partial charge in [-0.25, -0.2) is 0 Å². The zero-order valence-corrected chi connectivity index (χ0v) is 10.7. The molecule has 0 aromatic carbocycles. The molecule has 3 rings (SSSR count). The van der Waals surface area contributed by atoms with E-state index in [1.807, 2.05) is 0 Å². The van der Waals surface area contributed by atoms with Gasteiger partial charge < -0.3 is 4.74 Å². The standard InChI is InChI=1S/C15H24O/c1-15(2)14-10-12-6-4-3-5-11(12)9-13(14)7-8-16-15/h6,11,13-14H,3-5,7-10H2,1-2H3. The Balaban J connectivity index is 1.83. The molecule has 0 spiro atoms. The fourth-order valence-corrected chi connectivity index (χ4v) is 4.19. The van der Waals surface area contributed by atoms with Crippen molar-refractivity contribution in [2.45, 2.75) is 58.0 Å².